The van der Waals surface area contributed by atoms with Crippen molar-refractivity contribution < 1.29 is 24.5 Å². The number of rotatable bonds is 6. The van der Waals surface area contributed by atoms with Crippen molar-refractivity contribution in [3.05, 3.63) is 40.6 Å². The zero-order valence-electron chi connectivity index (χ0n) is 12.2. The first-order chi connectivity index (χ1) is 10.5. The Bertz CT molecular complexity index is 583. The third kappa shape index (κ3) is 2.84. The van der Waals surface area contributed by atoms with Crippen molar-refractivity contribution in [1.82, 2.24) is 9.91 Å². The molecule has 1 atom stereocenters. The molecule has 0 fully saturated rings. The van der Waals surface area contributed by atoms with E-state index in [0.717, 1.165) is 9.91 Å². The van der Waals surface area contributed by atoms with Crippen LogP contribution >= 0.6 is 0 Å². The highest BCUT2D eigenvalue weighted by molar-refractivity contribution is 6.21. The number of amides is 2. The van der Waals surface area contributed by atoms with Crippen LogP contribution in [-0.4, -0.2) is 58.2 Å². The second-order valence-corrected chi connectivity index (χ2v) is 4.78. The SMILES string of the molecule is C[C@@H](CO)N(C)[N+]([O-])=NOCN1C(=O)c2ccccc2C1=O. The Labute approximate surface area is 126 Å². The van der Waals surface area contributed by atoms with Crippen LogP contribution in [0.3, 0.4) is 0 Å². The van der Waals surface area contributed by atoms with Crippen LogP contribution in [0.15, 0.2) is 29.5 Å². The summed E-state index contributed by atoms with van der Waals surface area (Å²) in [6.07, 6.45) is 0. The van der Waals surface area contributed by atoms with E-state index in [1.807, 2.05) is 0 Å². The number of carbonyl (C=O) groups is 2. The van der Waals surface area contributed by atoms with Gasteiger partial charge in [-0.15, -0.1) is 5.01 Å². The second-order valence-electron chi connectivity index (χ2n) is 4.78. The minimum absolute atomic E-state index is 0.138. The molecule has 22 heavy (non-hydrogen) atoms. The fourth-order valence-electron chi connectivity index (χ4n) is 1.83. The Balaban J connectivity index is 1.99. The molecule has 0 spiro atoms. The summed E-state index contributed by atoms with van der Waals surface area (Å²) in [4.78, 5) is 29.8. The summed E-state index contributed by atoms with van der Waals surface area (Å²) in [5, 5.41) is 24.8. The van der Waals surface area contributed by atoms with Gasteiger partial charge in [0, 0.05) is 0 Å². The zero-order chi connectivity index (χ0) is 16.3. The molecular weight excluding hydrogens is 292 g/mol. The minimum Gasteiger partial charge on any atom is -0.569 e. The molecule has 0 bridgehead atoms. The first-order valence-electron chi connectivity index (χ1n) is 6.56. The maximum absolute atomic E-state index is 12.0. The Kier molecular flexibility index (Phi) is 4.56. The van der Waals surface area contributed by atoms with Gasteiger partial charge >= 0.3 is 0 Å². The molecular formula is C13H16N4O5. The van der Waals surface area contributed by atoms with E-state index < -0.39 is 24.6 Å². The summed E-state index contributed by atoms with van der Waals surface area (Å²) in [7, 11) is 1.42. The van der Waals surface area contributed by atoms with Crippen molar-refractivity contribution in [2.24, 2.45) is 5.28 Å². The van der Waals surface area contributed by atoms with E-state index >= 15 is 0 Å². The lowest BCUT2D eigenvalue weighted by Crippen LogP contribution is -2.37. The number of hydrogen-bond acceptors (Lipinski definition) is 6. The van der Waals surface area contributed by atoms with Gasteiger partial charge in [0.25, 0.3) is 11.8 Å². The number of nitrogens with zero attached hydrogens (tertiary/aromatic N) is 4. The molecule has 0 aromatic heterocycles. The van der Waals surface area contributed by atoms with Crippen LogP contribution in [0.1, 0.15) is 27.6 Å². The standard InChI is InChI=1S/C13H16N4O5/c1-9(7-18)15(2)17(21)14-22-8-16-12(19)10-5-3-4-6-11(10)13(16)20/h3-6,9,18H,7-8H2,1-2H3/t9-/m0/s1. The van der Waals surface area contributed by atoms with Gasteiger partial charge in [-0.2, -0.15) is 0 Å². The van der Waals surface area contributed by atoms with Gasteiger partial charge < -0.3 is 15.2 Å². The molecule has 9 nitrogen and oxygen atoms in total. The first-order valence-corrected chi connectivity index (χ1v) is 6.56. The monoisotopic (exact) mass is 308 g/mol. The number of benzene rings is 1. The normalized spacial score (nSPS) is 15.8. The molecule has 9 heteroatoms. The van der Waals surface area contributed by atoms with Crippen LogP contribution in [0, 0.1) is 5.21 Å². The van der Waals surface area contributed by atoms with Crippen molar-refractivity contribution >= 4 is 11.8 Å². The summed E-state index contributed by atoms with van der Waals surface area (Å²) < 4.78 is 0. The van der Waals surface area contributed by atoms with Crippen LogP contribution in [0.4, 0.5) is 0 Å². The van der Waals surface area contributed by atoms with Crippen molar-refractivity contribution in [1.29, 1.82) is 0 Å². The largest absolute Gasteiger partial charge is 0.569 e. The van der Waals surface area contributed by atoms with E-state index in [-0.39, 0.29) is 11.6 Å². The average molecular weight is 308 g/mol. The molecule has 2 rings (SSSR count). The van der Waals surface area contributed by atoms with Gasteiger partial charge in [-0.25, -0.2) is 4.90 Å². The van der Waals surface area contributed by atoms with Crippen molar-refractivity contribution in [2.45, 2.75) is 13.0 Å². The highest BCUT2D eigenvalue weighted by atomic mass is 16.7. The predicted octanol–water partition coefficient (Wildman–Crippen LogP) is 0.362. The quantitative estimate of drug-likeness (QED) is 0.352. The molecule has 0 unspecified atom stereocenters. The van der Waals surface area contributed by atoms with Gasteiger partial charge in [0.1, 0.15) is 6.04 Å². The topological polar surface area (TPSA) is 109 Å². The van der Waals surface area contributed by atoms with Crippen LogP contribution < -0.4 is 0 Å². The van der Waals surface area contributed by atoms with E-state index in [4.69, 9.17) is 9.94 Å². The molecule has 0 radical (unpaired) electrons. The molecule has 1 aliphatic rings. The second kappa shape index (κ2) is 6.39. The highest BCUT2D eigenvalue weighted by Gasteiger charge is 2.35. The van der Waals surface area contributed by atoms with E-state index in [1.165, 1.54) is 7.05 Å². The highest BCUT2D eigenvalue weighted by Crippen LogP contribution is 2.22. The van der Waals surface area contributed by atoms with Crippen LogP contribution in [-0.2, 0) is 4.84 Å². The Morgan fingerprint density at radius 3 is 2.41 bits per heavy atom. The average Bonchev–Trinajstić information content (AvgIpc) is 2.78. The Morgan fingerprint density at radius 1 is 1.36 bits per heavy atom. The number of fused-ring (bicyclic) bond motifs is 1. The molecule has 1 aromatic rings. The third-order valence-electron chi connectivity index (χ3n) is 3.36. The fraction of sp³-hybridized carbons (Fsp3) is 0.385. The number of hydrogen-bond donors (Lipinski definition) is 1. The summed E-state index contributed by atoms with van der Waals surface area (Å²) in [5.74, 6) is -0.990. The first kappa shape index (κ1) is 15.7. The van der Waals surface area contributed by atoms with E-state index in [1.54, 1.807) is 31.2 Å². The van der Waals surface area contributed by atoms with Gasteiger partial charge in [-0.3, -0.25) is 9.59 Å². The zero-order valence-corrected chi connectivity index (χ0v) is 12.2. The van der Waals surface area contributed by atoms with Crippen molar-refractivity contribution in [2.75, 3.05) is 20.4 Å². The lowest BCUT2D eigenvalue weighted by atomic mass is 10.1. The molecule has 2 amide bonds. The molecule has 1 aliphatic heterocycles. The summed E-state index contributed by atoms with van der Waals surface area (Å²) in [6, 6.07) is 5.95. The third-order valence-corrected chi connectivity index (χ3v) is 3.36. The van der Waals surface area contributed by atoms with E-state index in [2.05, 4.69) is 5.28 Å². The summed E-state index contributed by atoms with van der Waals surface area (Å²) in [5.41, 5.74) is 0.585. The van der Waals surface area contributed by atoms with Gasteiger partial charge in [-0.05, 0) is 19.1 Å². The lowest BCUT2D eigenvalue weighted by Gasteiger charge is -2.18. The van der Waals surface area contributed by atoms with E-state index in [0.29, 0.717) is 11.1 Å². The number of imide groups is 1. The maximum atomic E-state index is 12.0. The van der Waals surface area contributed by atoms with Crippen molar-refractivity contribution in [3.63, 3.8) is 0 Å². The minimum atomic E-state index is -0.495. The fourth-order valence-corrected chi connectivity index (χ4v) is 1.83. The van der Waals surface area contributed by atoms with Crippen LogP contribution in [0.2, 0.25) is 0 Å². The maximum Gasteiger partial charge on any atom is 0.264 e. The summed E-state index contributed by atoms with van der Waals surface area (Å²) in [6.45, 7) is 0.917. The van der Waals surface area contributed by atoms with Gasteiger partial charge in [-0.1, -0.05) is 12.1 Å². The van der Waals surface area contributed by atoms with Crippen LogP contribution in [0.25, 0.3) is 0 Å². The molecule has 1 N–H and O–H groups in total. The Hall–Kier alpha value is -2.68. The molecule has 0 saturated carbocycles. The number of carbonyl (C=O) groups excluding carboxylic acids is 2. The Morgan fingerprint density at radius 2 is 1.91 bits per heavy atom. The molecule has 1 heterocycles. The van der Waals surface area contributed by atoms with Gasteiger partial charge in [0.2, 0.25) is 12.0 Å². The molecule has 118 valence electrons. The van der Waals surface area contributed by atoms with Crippen LogP contribution in [0.5, 0.6) is 0 Å². The van der Waals surface area contributed by atoms with E-state index in [9.17, 15) is 14.8 Å². The smallest absolute Gasteiger partial charge is 0.264 e. The summed E-state index contributed by atoms with van der Waals surface area (Å²) >= 11 is 0. The number of aliphatic hydroxyl groups is 1. The number of hydrazine groups is 1. The van der Waals surface area contributed by atoms with Crippen molar-refractivity contribution in [3.8, 4) is 0 Å². The molecule has 1 aromatic carbocycles. The number of aliphatic hydroxyl groups excluding tert-OH is 1. The number of likely N-dealkylation sites (N-methyl/N-ethyl adjacent to an activating group) is 1. The van der Waals surface area contributed by atoms with Gasteiger partial charge in [0.05, 0.1) is 29.8 Å². The lowest BCUT2D eigenvalue weighted by molar-refractivity contribution is -0.712. The predicted molar refractivity (Wildman–Crippen MR) is 73.3 cm³/mol. The van der Waals surface area contributed by atoms with Gasteiger partial charge in [0.15, 0.2) is 0 Å². The molecule has 0 aliphatic carbocycles. The molecule has 0 saturated heterocycles.